The summed E-state index contributed by atoms with van der Waals surface area (Å²) in [5, 5.41) is 21.3. The van der Waals surface area contributed by atoms with Crippen molar-refractivity contribution < 1.29 is 33.7 Å². The van der Waals surface area contributed by atoms with Crippen molar-refractivity contribution in [1.29, 1.82) is 5.26 Å². The number of imidazole rings is 1. The summed E-state index contributed by atoms with van der Waals surface area (Å²) in [7, 11) is 0. The highest BCUT2D eigenvalue weighted by Gasteiger charge is 2.51. The SMILES string of the molecule is CC(=O)Nc1ncnc2c1nc(CCCCCC#N)n2[C@@H]1O[C@H](CO)[C@@H](OC(C)=O)[C@H]1OC(C)=O. The van der Waals surface area contributed by atoms with Gasteiger partial charge in [-0.3, -0.25) is 19.0 Å². The van der Waals surface area contributed by atoms with Crippen LogP contribution in [0.25, 0.3) is 11.2 Å². The zero-order valence-electron chi connectivity index (χ0n) is 19.8. The number of hydrogen-bond acceptors (Lipinski definition) is 11. The molecular formula is C22H28N6O7. The van der Waals surface area contributed by atoms with Crippen molar-refractivity contribution in [2.24, 2.45) is 0 Å². The molecule has 0 aromatic carbocycles. The molecule has 3 rings (SSSR count). The molecule has 0 radical (unpaired) electrons. The molecule has 2 aromatic heterocycles. The number of aromatic nitrogens is 4. The van der Waals surface area contributed by atoms with Gasteiger partial charge in [0.1, 0.15) is 18.3 Å². The molecule has 1 aliphatic heterocycles. The van der Waals surface area contributed by atoms with Gasteiger partial charge in [-0.05, 0) is 12.8 Å². The molecule has 3 heterocycles. The molecule has 0 bridgehead atoms. The average Bonchev–Trinajstić information content (AvgIpc) is 3.31. The van der Waals surface area contributed by atoms with E-state index in [1.165, 1.54) is 27.1 Å². The number of hydrogen-bond donors (Lipinski definition) is 2. The molecule has 4 atom stereocenters. The molecule has 1 fully saturated rings. The quantitative estimate of drug-likeness (QED) is 0.362. The van der Waals surface area contributed by atoms with Crippen LogP contribution in [0, 0.1) is 11.3 Å². The van der Waals surface area contributed by atoms with Gasteiger partial charge in [0.25, 0.3) is 0 Å². The molecule has 1 amide bonds. The van der Waals surface area contributed by atoms with Crippen LogP contribution in [-0.4, -0.2) is 67.4 Å². The first kappa shape index (κ1) is 26.0. The van der Waals surface area contributed by atoms with Crippen LogP contribution >= 0.6 is 0 Å². The minimum absolute atomic E-state index is 0.198. The lowest BCUT2D eigenvalue weighted by molar-refractivity contribution is -0.165. The lowest BCUT2D eigenvalue weighted by Crippen LogP contribution is -2.40. The Bertz CT molecular complexity index is 1130. The van der Waals surface area contributed by atoms with Crippen LogP contribution in [0.1, 0.15) is 58.5 Å². The van der Waals surface area contributed by atoms with Crippen LogP contribution < -0.4 is 5.32 Å². The summed E-state index contributed by atoms with van der Waals surface area (Å²) in [4.78, 5) is 48.4. The average molecular weight is 489 g/mol. The number of aryl methyl sites for hydroxylation is 1. The molecule has 2 N–H and O–H groups in total. The van der Waals surface area contributed by atoms with E-state index in [9.17, 15) is 19.5 Å². The van der Waals surface area contributed by atoms with E-state index in [4.69, 9.17) is 19.5 Å². The second-order valence-electron chi connectivity index (χ2n) is 8.09. The molecule has 188 valence electrons. The van der Waals surface area contributed by atoms with Crippen molar-refractivity contribution >= 4 is 34.8 Å². The number of carbonyl (C=O) groups excluding carboxylic acids is 3. The van der Waals surface area contributed by atoms with Crippen molar-refractivity contribution in [2.75, 3.05) is 11.9 Å². The first-order valence-electron chi connectivity index (χ1n) is 11.2. The van der Waals surface area contributed by atoms with Gasteiger partial charge in [0, 0.05) is 33.6 Å². The third-order valence-electron chi connectivity index (χ3n) is 5.36. The van der Waals surface area contributed by atoms with Crippen molar-refractivity contribution in [3.8, 4) is 6.07 Å². The van der Waals surface area contributed by atoms with Gasteiger partial charge in [0.2, 0.25) is 5.91 Å². The van der Waals surface area contributed by atoms with E-state index in [0.29, 0.717) is 36.3 Å². The maximum absolute atomic E-state index is 11.9. The van der Waals surface area contributed by atoms with Gasteiger partial charge in [-0.1, -0.05) is 6.42 Å². The van der Waals surface area contributed by atoms with E-state index in [1.54, 1.807) is 4.57 Å². The molecule has 0 unspecified atom stereocenters. The number of rotatable bonds is 10. The number of fused-ring (bicyclic) bond motifs is 1. The van der Waals surface area contributed by atoms with Gasteiger partial charge in [0.05, 0.1) is 12.7 Å². The van der Waals surface area contributed by atoms with Crippen LogP contribution in [0.3, 0.4) is 0 Å². The van der Waals surface area contributed by atoms with Gasteiger partial charge in [-0.15, -0.1) is 0 Å². The first-order chi connectivity index (χ1) is 16.8. The number of aliphatic hydroxyl groups is 1. The second kappa shape index (κ2) is 11.7. The van der Waals surface area contributed by atoms with Crippen LogP contribution in [0.15, 0.2) is 6.33 Å². The van der Waals surface area contributed by atoms with Gasteiger partial charge in [-0.25, -0.2) is 15.0 Å². The number of carbonyl (C=O) groups is 3. The van der Waals surface area contributed by atoms with Crippen molar-refractivity contribution in [2.45, 2.75) is 77.4 Å². The lowest BCUT2D eigenvalue weighted by atomic mass is 10.1. The van der Waals surface area contributed by atoms with Gasteiger partial charge < -0.3 is 24.6 Å². The molecule has 0 aliphatic carbocycles. The number of esters is 2. The van der Waals surface area contributed by atoms with Gasteiger partial charge in [-0.2, -0.15) is 5.26 Å². The summed E-state index contributed by atoms with van der Waals surface area (Å²) in [6.07, 6.45) is 0.186. The number of nitrogens with one attached hydrogen (secondary N) is 1. The fraction of sp³-hybridized carbons (Fsp3) is 0.591. The third-order valence-corrected chi connectivity index (χ3v) is 5.36. The minimum Gasteiger partial charge on any atom is -0.456 e. The highest BCUT2D eigenvalue weighted by atomic mass is 16.6. The summed E-state index contributed by atoms with van der Waals surface area (Å²) in [6, 6.07) is 2.11. The second-order valence-corrected chi connectivity index (χ2v) is 8.09. The Morgan fingerprint density at radius 3 is 2.49 bits per heavy atom. The topological polar surface area (TPSA) is 179 Å². The Kier molecular flexibility index (Phi) is 8.67. The molecule has 0 spiro atoms. The van der Waals surface area contributed by atoms with Crippen molar-refractivity contribution in [3.63, 3.8) is 0 Å². The fourth-order valence-corrected chi connectivity index (χ4v) is 4.03. The van der Waals surface area contributed by atoms with Gasteiger partial charge >= 0.3 is 11.9 Å². The summed E-state index contributed by atoms with van der Waals surface area (Å²) in [6.45, 7) is 3.27. The Hall–Kier alpha value is -3.63. The third kappa shape index (κ3) is 6.09. The zero-order chi connectivity index (χ0) is 25.5. The van der Waals surface area contributed by atoms with Crippen molar-refractivity contribution in [3.05, 3.63) is 12.2 Å². The number of nitriles is 1. The zero-order valence-corrected chi connectivity index (χ0v) is 19.8. The molecule has 1 aliphatic rings. The van der Waals surface area contributed by atoms with E-state index in [0.717, 1.165) is 12.8 Å². The maximum Gasteiger partial charge on any atom is 0.303 e. The lowest BCUT2D eigenvalue weighted by Gasteiger charge is -2.24. The van der Waals surface area contributed by atoms with E-state index >= 15 is 0 Å². The van der Waals surface area contributed by atoms with Crippen LogP contribution in [-0.2, 0) is 35.0 Å². The summed E-state index contributed by atoms with van der Waals surface area (Å²) in [5.41, 5.74) is 0.606. The Balaban J connectivity index is 2.09. The number of amides is 1. The van der Waals surface area contributed by atoms with E-state index in [2.05, 4.69) is 26.3 Å². The number of ether oxygens (including phenoxy) is 3. The summed E-state index contributed by atoms with van der Waals surface area (Å²) >= 11 is 0. The molecule has 2 aromatic rings. The van der Waals surface area contributed by atoms with Crippen LogP contribution in [0.5, 0.6) is 0 Å². The minimum atomic E-state index is -1.09. The Morgan fingerprint density at radius 2 is 1.86 bits per heavy atom. The predicted molar refractivity (Wildman–Crippen MR) is 120 cm³/mol. The molecule has 13 heteroatoms. The van der Waals surface area contributed by atoms with E-state index in [-0.39, 0.29) is 11.7 Å². The molecule has 13 nitrogen and oxygen atoms in total. The van der Waals surface area contributed by atoms with E-state index in [1.807, 2.05) is 0 Å². The standard InChI is InChI=1S/C22H28N6O7/c1-12(30)26-20-17-21(25-11-24-20)28(16(27-17)8-6-4-5-7-9-23)22-19(34-14(3)32)18(33-13(2)31)15(10-29)35-22/h11,15,18-19,22,29H,4-8,10H2,1-3H3,(H,24,25,26,30)/t15-,18-,19-,22-/m1/s1. The fourth-order valence-electron chi connectivity index (χ4n) is 4.03. The monoisotopic (exact) mass is 488 g/mol. The summed E-state index contributed by atoms with van der Waals surface area (Å²) in [5.74, 6) is -0.896. The van der Waals surface area contributed by atoms with Crippen molar-refractivity contribution in [1.82, 2.24) is 19.5 Å². The number of aliphatic hydroxyl groups excluding tert-OH is 1. The maximum atomic E-state index is 11.9. The number of anilines is 1. The summed E-state index contributed by atoms with van der Waals surface area (Å²) < 4.78 is 18.5. The van der Waals surface area contributed by atoms with Gasteiger partial charge in [0.15, 0.2) is 35.4 Å². The van der Waals surface area contributed by atoms with Crippen LogP contribution in [0.4, 0.5) is 5.82 Å². The Labute approximate surface area is 201 Å². The molecule has 35 heavy (non-hydrogen) atoms. The molecule has 0 saturated carbocycles. The largest absolute Gasteiger partial charge is 0.456 e. The molecule has 1 saturated heterocycles. The Morgan fingerprint density at radius 1 is 1.14 bits per heavy atom. The van der Waals surface area contributed by atoms with E-state index < -0.39 is 43.1 Å². The molecular weight excluding hydrogens is 460 g/mol. The van der Waals surface area contributed by atoms with Crippen LogP contribution in [0.2, 0.25) is 0 Å². The highest BCUT2D eigenvalue weighted by Crippen LogP contribution is 2.37. The number of unbranched alkanes of at least 4 members (excludes halogenated alkanes) is 3. The normalized spacial score (nSPS) is 21.5. The highest BCUT2D eigenvalue weighted by molar-refractivity contribution is 5.95. The number of nitrogens with zero attached hydrogens (tertiary/aromatic N) is 5. The predicted octanol–water partition coefficient (Wildman–Crippen LogP) is 1.16. The smallest absolute Gasteiger partial charge is 0.303 e. The first-order valence-corrected chi connectivity index (χ1v) is 11.2.